The minimum atomic E-state index is -0.824. The highest BCUT2D eigenvalue weighted by Gasteiger charge is 2.16. The first-order valence-corrected chi connectivity index (χ1v) is 15.2. The molecule has 0 saturated heterocycles. The van der Waals surface area contributed by atoms with Gasteiger partial charge >= 0.3 is 0 Å². The highest BCUT2D eigenvalue weighted by molar-refractivity contribution is 6.10. The van der Waals surface area contributed by atoms with Crippen LogP contribution in [0.4, 0.5) is 0 Å². The molecule has 0 aliphatic carbocycles. The van der Waals surface area contributed by atoms with Gasteiger partial charge in [0.05, 0.1) is 33.0 Å². The zero-order valence-corrected chi connectivity index (χ0v) is 25.4. The summed E-state index contributed by atoms with van der Waals surface area (Å²) < 4.78 is 144. The SMILES string of the molecule is [2H]c1c([2H])c([2H])c(-c2c([2H])c([2H])c3c(c2[2H])c2c([2H])c([2H])c([2H])c([2H])c2n3-c2c([2H])c([2H])c(-c3nc(-c4ccccc4)nc(-c4cccc(-c5ccccc5)c4)n3)c([2H])c2[2H])c([2H])c1[2H]. The third kappa shape index (κ3) is 5.35. The van der Waals surface area contributed by atoms with Gasteiger partial charge in [0, 0.05) is 33.2 Å². The van der Waals surface area contributed by atoms with E-state index in [9.17, 15) is 8.22 Å². The number of rotatable bonds is 6. The lowest BCUT2D eigenvalue weighted by Gasteiger charge is -2.11. The topological polar surface area (TPSA) is 43.6 Å². The van der Waals surface area contributed by atoms with Gasteiger partial charge < -0.3 is 4.57 Å². The fraction of sp³-hybridized carbons (Fsp3) is 0. The molecule has 0 bridgehead atoms. The zero-order chi connectivity index (χ0) is 46.5. The quantitative estimate of drug-likeness (QED) is 0.181. The van der Waals surface area contributed by atoms with Gasteiger partial charge in [0.15, 0.2) is 17.5 Å². The third-order valence-electron chi connectivity index (χ3n) is 7.86. The summed E-state index contributed by atoms with van der Waals surface area (Å²) in [6, 6.07) is 13.8. The number of para-hydroxylation sites is 1. The maximum absolute atomic E-state index is 9.47. The lowest BCUT2D eigenvalue weighted by atomic mass is 10.0. The van der Waals surface area contributed by atoms with Crippen molar-refractivity contribution in [2.75, 3.05) is 0 Å². The minimum Gasteiger partial charge on any atom is -0.309 e. The Morgan fingerprint density at radius 1 is 0.388 bits per heavy atom. The molecule has 0 amide bonds. The summed E-state index contributed by atoms with van der Waals surface area (Å²) in [4.78, 5) is 14.1. The molecule has 7 aromatic carbocycles. The average Bonchev–Trinajstić information content (AvgIpc) is 3.68. The molecule has 2 aromatic heterocycles. The monoisotopic (exact) mass is 642 g/mol. The van der Waals surface area contributed by atoms with Crippen LogP contribution in [-0.2, 0) is 0 Å². The van der Waals surface area contributed by atoms with Gasteiger partial charge in [-0.1, -0.05) is 133 Å². The van der Waals surface area contributed by atoms with E-state index in [2.05, 4.69) is 4.98 Å². The van der Waals surface area contributed by atoms with E-state index in [0.717, 1.165) is 15.7 Å². The van der Waals surface area contributed by atoms with E-state index in [1.54, 1.807) is 36.4 Å². The van der Waals surface area contributed by atoms with Crippen LogP contribution in [0.1, 0.15) is 21.9 Å². The summed E-state index contributed by atoms with van der Waals surface area (Å²) in [5.41, 5.74) is -0.144. The van der Waals surface area contributed by atoms with Gasteiger partial charge in [-0.25, -0.2) is 15.0 Å². The standard InChI is InChI=1S/C45H30N4/c1-4-13-31(14-5-1)35-19-12-20-37(29-35)45-47-43(33-17-8-3-9-18-33)46-44(48-45)34-23-26-38(27-24-34)49-41-22-11-10-21-39(41)40-30-36(25-28-42(40)49)32-15-6-2-7-16-32/h1-30H/i2D,6D,7D,10D,11D,15D,16D,21D,22D,23D,24D,25D,26D,27D,28D,30D. The molecular weight excluding hydrogens is 597 g/mol. The number of hydrogen-bond donors (Lipinski definition) is 0. The van der Waals surface area contributed by atoms with Crippen LogP contribution < -0.4 is 0 Å². The van der Waals surface area contributed by atoms with Crippen molar-refractivity contribution in [1.29, 1.82) is 0 Å². The molecule has 0 aliphatic heterocycles. The Balaban J connectivity index is 1.36. The van der Waals surface area contributed by atoms with E-state index in [-0.39, 0.29) is 23.0 Å². The van der Waals surface area contributed by atoms with Gasteiger partial charge in [-0.3, -0.25) is 0 Å². The van der Waals surface area contributed by atoms with Crippen LogP contribution in [0.25, 0.3) is 83.9 Å². The Morgan fingerprint density at radius 2 is 0.959 bits per heavy atom. The van der Waals surface area contributed by atoms with Crippen LogP contribution >= 0.6 is 0 Å². The Bertz CT molecular complexity index is 3450. The predicted octanol–water partition coefficient (Wildman–Crippen LogP) is 11.3. The summed E-state index contributed by atoms with van der Waals surface area (Å²) in [6.45, 7) is 0. The van der Waals surface area contributed by atoms with Crippen molar-refractivity contribution in [3.8, 4) is 62.1 Å². The zero-order valence-electron chi connectivity index (χ0n) is 41.4. The summed E-state index contributed by atoms with van der Waals surface area (Å²) in [6.07, 6.45) is 0. The van der Waals surface area contributed by atoms with Crippen LogP contribution in [0.3, 0.4) is 0 Å². The molecule has 0 saturated carbocycles. The van der Waals surface area contributed by atoms with Gasteiger partial charge in [0.25, 0.3) is 0 Å². The van der Waals surface area contributed by atoms with E-state index >= 15 is 0 Å². The minimum absolute atomic E-state index is 0.158. The molecule has 0 atom stereocenters. The normalized spacial score (nSPS) is 15.8. The molecular formula is C45H30N4. The van der Waals surface area contributed by atoms with E-state index in [0.29, 0.717) is 11.1 Å². The van der Waals surface area contributed by atoms with Gasteiger partial charge in [-0.2, -0.15) is 0 Å². The Hall–Kier alpha value is -6.65. The lowest BCUT2D eigenvalue weighted by molar-refractivity contribution is 1.07. The summed E-state index contributed by atoms with van der Waals surface area (Å²) >= 11 is 0. The second-order valence-corrected chi connectivity index (χ2v) is 10.9. The van der Waals surface area contributed by atoms with E-state index in [1.807, 2.05) is 48.5 Å². The Kier molecular flexibility index (Phi) is 4.09. The first-order chi connectivity index (χ1) is 31.0. The van der Waals surface area contributed by atoms with Crippen molar-refractivity contribution in [3.05, 3.63) is 182 Å². The smallest absolute Gasteiger partial charge is 0.164 e. The third-order valence-corrected chi connectivity index (χ3v) is 7.86. The number of aromatic nitrogens is 4. The molecule has 9 rings (SSSR count). The molecule has 0 radical (unpaired) electrons. The molecule has 4 nitrogen and oxygen atoms in total. The molecule has 230 valence electrons. The number of nitrogens with zero attached hydrogens (tertiary/aromatic N) is 4. The largest absolute Gasteiger partial charge is 0.309 e. The summed E-state index contributed by atoms with van der Waals surface area (Å²) in [5, 5.41) is -0.811. The molecule has 9 aromatic rings. The van der Waals surface area contributed by atoms with Gasteiger partial charge in [0.2, 0.25) is 0 Å². The number of fused-ring (bicyclic) bond motifs is 3. The van der Waals surface area contributed by atoms with Crippen LogP contribution in [0.15, 0.2) is 182 Å². The van der Waals surface area contributed by atoms with E-state index < -0.39 is 135 Å². The highest BCUT2D eigenvalue weighted by atomic mass is 15.0. The van der Waals surface area contributed by atoms with Gasteiger partial charge in [-0.05, 0) is 70.6 Å². The van der Waals surface area contributed by atoms with E-state index in [1.165, 1.54) is 0 Å². The summed E-state index contributed by atoms with van der Waals surface area (Å²) in [5.74, 6) is 0.0958. The first kappa shape index (κ1) is 16.4. The molecule has 0 unspecified atom stereocenters. The van der Waals surface area contributed by atoms with Gasteiger partial charge in [-0.15, -0.1) is 0 Å². The molecule has 0 fully saturated rings. The van der Waals surface area contributed by atoms with Crippen LogP contribution in [0, 0.1) is 0 Å². The molecule has 0 spiro atoms. The van der Waals surface area contributed by atoms with Crippen molar-refractivity contribution in [2.24, 2.45) is 0 Å². The molecule has 4 heteroatoms. The Morgan fingerprint density at radius 3 is 1.71 bits per heavy atom. The fourth-order valence-electron chi connectivity index (χ4n) is 5.57. The first-order valence-electron chi connectivity index (χ1n) is 23.2. The highest BCUT2D eigenvalue weighted by Crippen LogP contribution is 2.35. The average molecular weight is 643 g/mol. The van der Waals surface area contributed by atoms with Crippen LogP contribution in [0.5, 0.6) is 0 Å². The van der Waals surface area contributed by atoms with Crippen molar-refractivity contribution in [2.45, 2.75) is 0 Å². The van der Waals surface area contributed by atoms with Gasteiger partial charge in [0.1, 0.15) is 0 Å². The maximum Gasteiger partial charge on any atom is 0.164 e. The molecule has 2 heterocycles. The van der Waals surface area contributed by atoms with Crippen molar-refractivity contribution < 1.29 is 21.9 Å². The van der Waals surface area contributed by atoms with E-state index in [4.69, 9.17) is 23.7 Å². The number of hydrogen-bond acceptors (Lipinski definition) is 3. The molecule has 0 N–H and O–H groups in total. The molecule has 0 aliphatic rings. The van der Waals surface area contributed by atoms with Crippen molar-refractivity contribution >= 4 is 21.8 Å². The number of benzene rings is 7. The second-order valence-electron chi connectivity index (χ2n) is 10.9. The maximum atomic E-state index is 9.47. The Labute approximate surface area is 307 Å². The second kappa shape index (κ2) is 12.2. The lowest BCUT2D eigenvalue weighted by Crippen LogP contribution is -2.00. The predicted molar refractivity (Wildman–Crippen MR) is 201 cm³/mol. The van der Waals surface area contributed by atoms with Crippen LogP contribution in [-0.4, -0.2) is 19.5 Å². The molecule has 49 heavy (non-hydrogen) atoms. The fourth-order valence-corrected chi connectivity index (χ4v) is 5.57. The summed E-state index contributed by atoms with van der Waals surface area (Å²) in [7, 11) is 0. The van der Waals surface area contributed by atoms with Crippen molar-refractivity contribution in [1.82, 2.24) is 19.5 Å². The van der Waals surface area contributed by atoms with Crippen LogP contribution in [0.2, 0.25) is 0 Å². The van der Waals surface area contributed by atoms with Crippen molar-refractivity contribution in [3.63, 3.8) is 0 Å².